The molecular weight excluding hydrogens is 592 g/mol. The topological polar surface area (TPSA) is 101 Å². The van der Waals surface area contributed by atoms with Gasteiger partial charge in [0.05, 0.1) is 23.6 Å². The molecule has 1 amide bonds. The molecule has 0 aliphatic heterocycles. The number of aliphatic carboxylic acids is 1. The second-order valence-electron chi connectivity index (χ2n) is 9.56. The number of nitrogens with zero attached hydrogens (tertiary/aromatic N) is 1. The number of carboxylic acids is 1. The number of pyridine rings is 1. The molecule has 1 atom stereocenters. The lowest BCUT2D eigenvalue weighted by molar-refractivity contribution is -0.138. The molecule has 0 spiro atoms. The van der Waals surface area contributed by atoms with Crippen molar-refractivity contribution in [2.24, 2.45) is 0 Å². The van der Waals surface area contributed by atoms with Gasteiger partial charge >= 0.3 is 18.3 Å². The summed E-state index contributed by atoms with van der Waals surface area (Å²) in [4.78, 5) is 26.7. The summed E-state index contributed by atoms with van der Waals surface area (Å²) < 4.78 is 83.2. The Labute approximate surface area is 247 Å². The first-order chi connectivity index (χ1) is 20.8. The van der Waals surface area contributed by atoms with E-state index in [2.05, 4.69) is 15.6 Å². The molecule has 1 aromatic heterocycles. The number of alkyl halides is 6. The minimum atomic E-state index is -4.55. The first-order valence-electron chi connectivity index (χ1n) is 13.1. The molecule has 0 bridgehead atoms. The lowest BCUT2D eigenvalue weighted by Gasteiger charge is -2.21. The van der Waals surface area contributed by atoms with Gasteiger partial charge in [-0.25, -0.2) is 4.98 Å². The van der Waals surface area contributed by atoms with Crippen LogP contribution in [0.1, 0.15) is 39.5 Å². The number of rotatable bonds is 11. The Morgan fingerprint density at radius 3 is 1.86 bits per heavy atom. The number of ether oxygens (including phenoxy) is 1. The van der Waals surface area contributed by atoms with Crippen LogP contribution >= 0.6 is 0 Å². The van der Waals surface area contributed by atoms with Crippen LogP contribution in [0.3, 0.4) is 0 Å². The molecule has 13 heteroatoms. The van der Waals surface area contributed by atoms with Crippen molar-refractivity contribution >= 4 is 17.6 Å². The molecule has 0 aliphatic rings. The normalized spacial score (nSPS) is 12.3. The minimum absolute atomic E-state index is 0.0337. The van der Waals surface area contributed by atoms with Gasteiger partial charge in [0.2, 0.25) is 5.88 Å². The summed E-state index contributed by atoms with van der Waals surface area (Å²) in [5.74, 6) is -1.54. The number of amides is 1. The Hall–Kier alpha value is -5.07. The smallest absolute Gasteiger partial charge is 0.417 e. The van der Waals surface area contributed by atoms with Crippen LogP contribution < -0.4 is 15.4 Å². The van der Waals surface area contributed by atoms with Gasteiger partial charge < -0.3 is 20.5 Å². The maximum absolute atomic E-state index is 12.9. The second-order valence-corrected chi connectivity index (χ2v) is 9.56. The molecule has 0 fully saturated rings. The average Bonchev–Trinajstić information content (AvgIpc) is 2.99. The van der Waals surface area contributed by atoms with Gasteiger partial charge in [-0.1, -0.05) is 36.4 Å². The summed E-state index contributed by atoms with van der Waals surface area (Å²) >= 11 is 0. The van der Waals surface area contributed by atoms with E-state index in [1.165, 1.54) is 24.3 Å². The van der Waals surface area contributed by atoms with Crippen molar-refractivity contribution in [1.29, 1.82) is 0 Å². The third kappa shape index (κ3) is 8.72. The number of anilines is 1. The zero-order chi connectivity index (χ0) is 31.9. The summed E-state index contributed by atoms with van der Waals surface area (Å²) in [7, 11) is 0. The molecule has 230 valence electrons. The Kier molecular flexibility index (Phi) is 9.77. The van der Waals surface area contributed by atoms with Gasteiger partial charge in [0.15, 0.2) is 0 Å². The third-order valence-corrected chi connectivity index (χ3v) is 6.43. The zero-order valence-electron chi connectivity index (χ0n) is 22.7. The fourth-order valence-electron chi connectivity index (χ4n) is 4.09. The van der Waals surface area contributed by atoms with E-state index in [1.807, 2.05) is 0 Å². The molecule has 4 rings (SSSR count). The molecular formula is C31H25F6N3O4. The van der Waals surface area contributed by atoms with Crippen molar-refractivity contribution in [3.05, 3.63) is 113 Å². The highest BCUT2D eigenvalue weighted by Gasteiger charge is 2.31. The molecule has 44 heavy (non-hydrogen) atoms. The lowest BCUT2D eigenvalue weighted by Crippen LogP contribution is -2.26. The monoisotopic (exact) mass is 617 g/mol. The van der Waals surface area contributed by atoms with E-state index >= 15 is 0 Å². The molecule has 4 aromatic rings. The Morgan fingerprint density at radius 2 is 1.34 bits per heavy atom. The van der Waals surface area contributed by atoms with Crippen LogP contribution in [0.15, 0.2) is 91.1 Å². The first-order valence-corrected chi connectivity index (χ1v) is 13.1. The lowest BCUT2D eigenvalue weighted by atomic mass is 9.99. The number of hydrogen-bond acceptors (Lipinski definition) is 5. The summed E-state index contributed by atoms with van der Waals surface area (Å²) in [6.07, 6.45) is -8.56. The van der Waals surface area contributed by atoms with Crippen LogP contribution in [0.4, 0.5) is 32.0 Å². The van der Waals surface area contributed by atoms with Crippen molar-refractivity contribution in [1.82, 2.24) is 10.3 Å². The van der Waals surface area contributed by atoms with Gasteiger partial charge in [-0.2, -0.15) is 26.3 Å². The van der Waals surface area contributed by atoms with Crippen LogP contribution in [0.2, 0.25) is 0 Å². The molecule has 3 aromatic carbocycles. The third-order valence-electron chi connectivity index (χ3n) is 6.43. The number of nitrogens with one attached hydrogen (secondary N) is 2. The van der Waals surface area contributed by atoms with Crippen LogP contribution in [0.25, 0.3) is 11.1 Å². The van der Waals surface area contributed by atoms with Gasteiger partial charge in [-0.3, -0.25) is 9.59 Å². The Balaban J connectivity index is 1.52. The molecule has 0 radical (unpaired) electrons. The van der Waals surface area contributed by atoms with Gasteiger partial charge in [0.25, 0.3) is 5.91 Å². The number of hydrogen-bond donors (Lipinski definition) is 3. The van der Waals surface area contributed by atoms with Crippen LogP contribution in [0, 0.1) is 0 Å². The van der Waals surface area contributed by atoms with E-state index in [0.29, 0.717) is 34.1 Å². The summed E-state index contributed by atoms with van der Waals surface area (Å²) in [5, 5.41) is 14.5. The first kappa shape index (κ1) is 31.9. The molecule has 0 saturated heterocycles. The highest BCUT2D eigenvalue weighted by Crippen LogP contribution is 2.32. The summed E-state index contributed by atoms with van der Waals surface area (Å²) in [5.41, 5.74) is 1.08. The second kappa shape index (κ2) is 13.5. The standard InChI is InChI=1S/C31H25F6N3O4/c32-30(33,34)23-9-5-20(6-10-23)19-1-3-21(4-2-19)26(18-44-27-14-11-24(17-39-27)31(35,36)37)40-25-12-7-22(8-13-25)29(43)38-16-15-28(41)42/h1-14,17,26,40H,15-16,18H2,(H,38,43)(H,41,42). The number of benzene rings is 3. The number of halogens is 6. The molecule has 7 nitrogen and oxygen atoms in total. The van der Waals surface area contributed by atoms with Crippen LogP contribution in [0.5, 0.6) is 5.88 Å². The fourth-order valence-corrected chi connectivity index (χ4v) is 4.09. The van der Waals surface area contributed by atoms with E-state index in [9.17, 15) is 35.9 Å². The van der Waals surface area contributed by atoms with E-state index in [0.717, 1.165) is 24.3 Å². The maximum atomic E-state index is 12.9. The summed E-state index contributed by atoms with van der Waals surface area (Å²) in [6.45, 7) is -0.108. The number of carbonyl (C=O) groups is 2. The van der Waals surface area contributed by atoms with Crippen molar-refractivity contribution in [2.45, 2.75) is 24.8 Å². The molecule has 0 saturated carbocycles. The van der Waals surface area contributed by atoms with Crippen molar-refractivity contribution < 1.29 is 45.8 Å². The highest BCUT2D eigenvalue weighted by atomic mass is 19.4. The van der Waals surface area contributed by atoms with E-state index in [4.69, 9.17) is 9.84 Å². The van der Waals surface area contributed by atoms with Crippen molar-refractivity contribution in [3.8, 4) is 17.0 Å². The Morgan fingerprint density at radius 1 is 0.773 bits per heavy atom. The summed E-state index contributed by atoms with van der Waals surface area (Å²) in [6, 6.07) is 19.3. The number of aromatic nitrogens is 1. The SMILES string of the molecule is O=C(O)CCNC(=O)c1ccc(NC(COc2ccc(C(F)(F)F)cn2)c2ccc(-c3ccc(C(F)(F)F)cc3)cc2)cc1. The van der Waals surface area contributed by atoms with Gasteiger partial charge in [-0.05, 0) is 59.2 Å². The Bertz CT molecular complexity index is 1560. The molecule has 0 aliphatic carbocycles. The molecule has 1 unspecified atom stereocenters. The highest BCUT2D eigenvalue weighted by molar-refractivity contribution is 5.94. The van der Waals surface area contributed by atoms with Gasteiger partial charge in [0.1, 0.15) is 6.61 Å². The van der Waals surface area contributed by atoms with E-state index in [-0.39, 0.29) is 25.5 Å². The van der Waals surface area contributed by atoms with Crippen molar-refractivity contribution in [3.63, 3.8) is 0 Å². The van der Waals surface area contributed by atoms with Gasteiger partial charge in [0, 0.05) is 30.1 Å². The predicted octanol–water partition coefficient (Wildman–Crippen LogP) is 7.22. The van der Waals surface area contributed by atoms with Crippen LogP contribution in [-0.2, 0) is 17.1 Å². The molecule has 1 heterocycles. The molecule has 3 N–H and O–H groups in total. The minimum Gasteiger partial charge on any atom is -0.481 e. The fraction of sp³-hybridized carbons (Fsp3) is 0.194. The average molecular weight is 618 g/mol. The van der Waals surface area contributed by atoms with Crippen molar-refractivity contribution in [2.75, 3.05) is 18.5 Å². The largest absolute Gasteiger partial charge is 0.481 e. The number of carbonyl (C=O) groups excluding carboxylic acids is 1. The number of carboxylic acid groups (broad SMARTS) is 1. The maximum Gasteiger partial charge on any atom is 0.417 e. The quantitative estimate of drug-likeness (QED) is 0.154. The van der Waals surface area contributed by atoms with E-state index < -0.39 is 41.4 Å². The van der Waals surface area contributed by atoms with E-state index in [1.54, 1.807) is 36.4 Å². The zero-order valence-corrected chi connectivity index (χ0v) is 22.7. The van der Waals surface area contributed by atoms with Gasteiger partial charge in [-0.15, -0.1) is 0 Å². The predicted molar refractivity (Wildman–Crippen MR) is 149 cm³/mol. The van der Waals surface area contributed by atoms with Crippen LogP contribution in [-0.4, -0.2) is 35.1 Å².